The summed E-state index contributed by atoms with van der Waals surface area (Å²) in [5.74, 6) is 0.641. The van der Waals surface area contributed by atoms with Gasteiger partial charge in [-0.1, -0.05) is 24.3 Å². The highest BCUT2D eigenvalue weighted by Gasteiger charge is 2.30. The highest BCUT2D eigenvalue weighted by Crippen LogP contribution is 2.35. The minimum atomic E-state index is 0.577. The topological polar surface area (TPSA) is 58.0 Å². The molecule has 1 saturated heterocycles. The van der Waals surface area contributed by atoms with Crippen LogP contribution in [0.1, 0.15) is 32.8 Å². The first kappa shape index (κ1) is 20.5. The van der Waals surface area contributed by atoms with Crippen molar-refractivity contribution >= 4 is 34.6 Å². The highest BCUT2D eigenvalue weighted by molar-refractivity contribution is 8.01. The van der Waals surface area contributed by atoms with Gasteiger partial charge in [-0.25, -0.2) is 4.31 Å². The van der Waals surface area contributed by atoms with Crippen LogP contribution < -0.4 is 5.73 Å². The Labute approximate surface area is 172 Å². The van der Waals surface area contributed by atoms with Crippen molar-refractivity contribution in [2.24, 2.45) is 11.7 Å². The fourth-order valence-corrected chi connectivity index (χ4v) is 5.02. The number of rotatable bonds is 7. The lowest BCUT2D eigenvalue weighted by Gasteiger charge is -2.20. The van der Waals surface area contributed by atoms with Crippen LogP contribution in [0.2, 0.25) is 0 Å². The molecule has 1 aromatic heterocycles. The number of nitrogens with zero attached hydrogens (tertiary/aromatic N) is 2. The molecular formula is C23H30N4S. The highest BCUT2D eigenvalue weighted by atomic mass is 32.2. The van der Waals surface area contributed by atoms with E-state index in [0.29, 0.717) is 12.0 Å². The number of aromatic nitrogens is 1. The molecule has 0 radical (unpaired) electrons. The smallest absolute Gasteiger partial charge is 0.0480 e. The molecule has 0 saturated carbocycles. The van der Waals surface area contributed by atoms with Gasteiger partial charge in [0.2, 0.25) is 0 Å². The predicted molar refractivity (Wildman–Crippen MR) is 123 cm³/mol. The lowest BCUT2D eigenvalue weighted by atomic mass is 10.1. The maximum absolute atomic E-state index is 7.49. The molecule has 2 aromatic rings. The zero-order chi connectivity index (χ0) is 20.1. The largest absolute Gasteiger partial charge is 0.404 e. The zero-order valence-corrected chi connectivity index (χ0v) is 17.7. The van der Waals surface area contributed by atoms with E-state index in [0.717, 1.165) is 24.2 Å². The summed E-state index contributed by atoms with van der Waals surface area (Å²) in [5, 5.41) is 8.69. The van der Waals surface area contributed by atoms with Crippen molar-refractivity contribution in [2.45, 2.75) is 39.8 Å². The van der Waals surface area contributed by atoms with Crippen LogP contribution in [0.3, 0.4) is 0 Å². The minimum Gasteiger partial charge on any atom is -0.404 e. The molecule has 5 heteroatoms. The molecule has 0 spiro atoms. The molecule has 3 N–H and O–H groups in total. The lowest BCUT2D eigenvalue weighted by molar-refractivity contribution is 0.452. The van der Waals surface area contributed by atoms with Crippen LogP contribution in [-0.2, 0) is 6.54 Å². The zero-order valence-electron chi connectivity index (χ0n) is 16.9. The molecule has 4 nitrogen and oxygen atoms in total. The van der Waals surface area contributed by atoms with Gasteiger partial charge in [-0.15, -0.1) is 0 Å². The maximum Gasteiger partial charge on any atom is 0.0480 e. The van der Waals surface area contributed by atoms with E-state index in [1.807, 2.05) is 11.9 Å². The van der Waals surface area contributed by atoms with Gasteiger partial charge < -0.3 is 15.7 Å². The van der Waals surface area contributed by atoms with E-state index in [-0.39, 0.29) is 0 Å². The van der Waals surface area contributed by atoms with Crippen LogP contribution in [-0.4, -0.2) is 27.7 Å². The van der Waals surface area contributed by atoms with Crippen LogP contribution in [0.5, 0.6) is 0 Å². The Balaban J connectivity index is 1.72. The number of allylic oxidation sites excluding steroid dienone is 4. The molecule has 2 unspecified atom stereocenters. The van der Waals surface area contributed by atoms with Crippen molar-refractivity contribution in [3.63, 3.8) is 0 Å². The first-order chi connectivity index (χ1) is 13.6. The van der Waals surface area contributed by atoms with E-state index in [2.05, 4.69) is 78.3 Å². The molecule has 2 atom stereocenters. The van der Waals surface area contributed by atoms with Crippen molar-refractivity contribution in [1.29, 1.82) is 5.41 Å². The number of benzene rings is 1. The van der Waals surface area contributed by atoms with Crippen LogP contribution >= 0.6 is 11.9 Å². The van der Waals surface area contributed by atoms with Gasteiger partial charge in [0.15, 0.2) is 0 Å². The fourth-order valence-electron chi connectivity index (χ4n) is 3.89. The summed E-state index contributed by atoms with van der Waals surface area (Å²) < 4.78 is 4.88. The lowest BCUT2D eigenvalue weighted by Crippen LogP contribution is -2.19. The third-order valence-corrected chi connectivity index (χ3v) is 6.66. The van der Waals surface area contributed by atoms with Crippen molar-refractivity contribution in [3.8, 4) is 0 Å². The Hall–Kier alpha value is -2.24. The van der Waals surface area contributed by atoms with Crippen LogP contribution in [0.4, 0.5) is 0 Å². The average Bonchev–Trinajstić information content (AvgIpc) is 3.25. The number of hydrogen-bond donors (Lipinski definition) is 2. The molecule has 1 aromatic carbocycles. The van der Waals surface area contributed by atoms with E-state index in [1.54, 1.807) is 0 Å². The SMILES string of the molecule is C/C=C\C(=C/C)SN1CC(Cn2ccc3cc(/C(C=N)=C/N)ccc32)CC1C. The van der Waals surface area contributed by atoms with Gasteiger partial charge >= 0.3 is 0 Å². The molecular weight excluding hydrogens is 364 g/mol. The Morgan fingerprint density at radius 3 is 2.82 bits per heavy atom. The van der Waals surface area contributed by atoms with Crippen molar-refractivity contribution in [1.82, 2.24) is 8.87 Å². The van der Waals surface area contributed by atoms with Gasteiger partial charge in [-0.3, -0.25) is 0 Å². The fraction of sp³-hybridized carbons (Fsp3) is 0.348. The summed E-state index contributed by atoms with van der Waals surface area (Å²) in [6.07, 6.45) is 12.7. The normalized spacial score (nSPS) is 21.8. The minimum absolute atomic E-state index is 0.577. The Kier molecular flexibility index (Phi) is 6.81. The number of nitrogens with one attached hydrogen (secondary N) is 1. The van der Waals surface area contributed by atoms with E-state index in [9.17, 15) is 0 Å². The Morgan fingerprint density at radius 2 is 2.14 bits per heavy atom. The third-order valence-electron chi connectivity index (χ3n) is 5.34. The van der Waals surface area contributed by atoms with E-state index in [4.69, 9.17) is 11.1 Å². The van der Waals surface area contributed by atoms with Crippen molar-refractivity contribution in [2.75, 3.05) is 6.54 Å². The average molecular weight is 395 g/mol. The first-order valence-electron chi connectivity index (χ1n) is 9.84. The van der Waals surface area contributed by atoms with Gasteiger partial charge in [0, 0.05) is 59.1 Å². The summed E-state index contributed by atoms with van der Waals surface area (Å²) in [6.45, 7) is 8.63. The maximum atomic E-state index is 7.49. The van der Waals surface area contributed by atoms with E-state index >= 15 is 0 Å². The first-order valence-corrected chi connectivity index (χ1v) is 10.6. The summed E-state index contributed by atoms with van der Waals surface area (Å²) in [5.41, 5.74) is 8.60. The van der Waals surface area contributed by atoms with Crippen molar-refractivity contribution in [3.05, 3.63) is 65.4 Å². The van der Waals surface area contributed by atoms with Gasteiger partial charge in [-0.05, 0) is 68.8 Å². The molecule has 1 aliphatic rings. The Morgan fingerprint density at radius 1 is 1.32 bits per heavy atom. The molecule has 148 valence electrons. The Bertz CT molecular complexity index is 922. The number of nitrogens with two attached hydrogens (primary N) is 1. The van der Waals surface area contributed by atoms with Gasteiger partial charge in [0.1, 0.15) is 0 Å². The van der Waals surface area contributed by atoms with Crippen LogP contribution in [0.15, 0.2) is 59.8 Å². The second kappa shape index (κ2) is 9.30. The summed E-state index contributed by atoms with van der Waals surface area (Å²) >= 11 is 1.87. The summed E-state index contributed by atoms with van der Waals surface area (Å²) in [6, 6.07) is 9.05. The van der Waals surface area contributed by atoms with E-state index < -0.39 is 0 Å². The third kappa shape index (κ3) is 4.42. The number of fused-ring (bicyclic) bond motifs is 1. The summed E-state index contributed by atoms with van der Waals surface area (Å²) in [7, 11) is 0. The second-order valence-corrected chi connectivity index (χ2v) is 8.46. The van der Waals surface area contributed by atoms with Gasteiger partial charge in [-0.2, -0.15) is 0 Å². The standard InChI is InChI=1S/C23H30N4S/c1-4-6-22(5-2)28-27-16-18(11-17(27)3)15-26-10-9-20-12-19(7-8-23(20)26)21(13-24)14-25/h4-10,12-14,17-18,24H,11,15-16,25H2,1-3H3/b6-4-,21-14+,22-5+,24-13?. The molecule has 28 heavy (non-hydrogen) atoms. The van der Waals surface area contributed by atoms with Crippen molar-refractivity contribution < 1.29 is 0 Å². The van der Waals surface area contributed by atoms with E-state index in [1.165, 1.54) is 34.6 Å². The molecule has 1 fully saturated rings. The van der Waals surface area contributed by atoms with Crippen LogP contribution in [0, 0.1) is 11.3 Å². The quantitative estimate of drug-likeness (QED) is 0.374. The van der Waals surface area contributed by atoms with Crippen LogP contribution in [0.25, 0.3) is 16.5 Å². The molecule has 0 amide bonds. The molecule has 3 rings (SSSR count). The molecule has 2 heterocycles. The molecule has 0 bridgehead atoms. The monoisotopic (exact) mass is 394 g/mol. The molecule has 0 aliphatic carbocycles. The summed E-state index contributed by atoms with van der Waals surface area (Å²) in [4.78, 5) is 1.31. The van der Waals surface area contributed by atoms with Gasteiger partial charge in [0.05, 0.1) is 0 Å². The predicted octanol–water partition coefficient (Wildman–Crippen LogP) is 5.43. The molecule has 1 aliphatic heterocycles. The second-order valence-electron chi connectivity index (χ2n) is 7.34. The number of hydrogen-bond acceptors (Lipinski definition) is 4. The van der Waals surface area contributed by atoms with Gasteiger partial charge in [0.25, 0.3) is 0 Å².